The van der Waals surface area contributed by atoms with E-state index >= 15 is 0 Å². The van der Waals surface area contributed by atoms with Gasteiger partial charge in [0.1, 0.15) is 12.1 Å². The van der Waals surface area contributed by atoms with Crippen molar-refractivity contribution in [1.29, 1.82) is 0 Å². The average molecular weight is 453 g/mol. The van der Waals surface area contributed by atoms with Gasteiger partial charge in [-0.25, -0.2) is 0 Å². The van der Waals surface area contributed by atoms with Crippen LogP contribution in [0.1, 0.15) is 41.8 Å². The zero-order chi connectivity index (χ0) is 22.8. The minimum Gasteiger partial charge on any atom is -0.468 e. The highest BCUT2D eigenvalue weighted by atomic mass is 32.1. The summed E-state index contributed by atoms with van der Waals surface area (Å²) in [4.78, 5) is 37.5. The molecule has 6 nitrogen and oxygen atoms in total. The van der Waals surface area contributed by atoms with Gasteiger partial charge in [0, 0.05) is 4.70 Å². The maximum Gasteiger partial charge on any atom is 0.325 e. The fourth-order valence-corrected chi connectivity index (χ4v) is 4.67. The molecule has 3 aromatic rings. The van der Waals surface area contributed by atoms with Crippen LogP contribution in [0.15, 0.2) is 66.7 Å². The van der Waals surface area contributed by atoms with Gasteiger partial charge in [-0.1, -0.05) is 73.9 Å². The molecule has 1 heterocycles. The molecule has 7 heteroatoms. The van der Waals surface area contributed by atoms with Crippen LogP contribution in [0.2, 0.25) is 0 Å². The second-order valence-corrected chi connectivity index (χ2v) is 8.74. The smallest absolute Gasteiger partial charge is 0.325 e. The van der Waals surface area contributed by atoms with E-state index in [0.29, 0.717) is 17.7 Å². The molecular weight excluding hydrogens is 424 g/mol. The molecule has 0 bridgehead atoms. The van der Waals surface area contributed by atoms with Crippen LogP contribution < -0.4 is 10.6 Å². The molecule has 0 saturated heterocycles. The van der Waals surface area contributed by atoms with Crippen LogP contribution in [-0.4, -0.2) is 37.0 Å². The summed E-state index contributed by atoms with van der Waals surface area (Å²) in [6.45, 7) is -0.199. The van der Waals surface area contributed by atoms with Crippen molar-refractivity contribution in [3.05, 3.63) is 71.6 Å². The van der Waals surface area contributed by atoms with Crippen molar-refractivity contribution in [2.75, 3.05) is 13.7 Å². The van der Waals surface area contributed by atoms with Gasteiger partial charge in [0.15, 0.2) is 0 Å². The lowest BCUT2D eigenvalue weighted by Crippen LogP contribution is -2.60. The summed E-state index contributed by atoms with van der Waals surface area (Å²) in [5.74, 6) is -1.08. The number of hydrogen-bond donors (Lipinski definition) is 2. The van der Waals surface area contributed by atoms with Crippen molar-refractivity contribution in [2.24, 2.45) is 0 Å². The van der Waals surface area contributed by atoms with Crippen LogP contribution in [-0.2, 0) is 14.3 Å². The highest BCUT2D eigenvalue weighted by Gasteiger charge is 2.41. The quantitative estimate of drug-likeness (QED) is 0.565. The summed E-state index contributed by atoms with van der Waals surface area (Å²) >= 11 is 1.41. The van der Waals surface area contributed by atoms with Gasteiger partial charge in [-0.2, -0.15) is 0 Å². The molecular formula is C25H28N2O4S. The summed E-state index contributed by atoms with van der Waals surface area (Å²) in [6, 6.07) is 21.6. The summed E-state index contributed by atoms with van der Waals surface area (Å²) < 4.78 is 5.60. The van der Waals surface area contributed by atoms with Crippen molar-refractivity contribution in [3.8, 4) is 0 Å². The molecule has 2 aromatic carbocycles. The topological polar surface area (TPSA) is 84.5 Å². The van der Waals surface area contributed by atoms with E-state index in [9.17, 15) is 14.4 Å². The standard InChI is InChI=1S/C19H22N2O4S.C6H6/c1-25-16(22)12-20-18(24)19(9-5-2-6-10-19)21-17(23)15-11-13-7-3-4-8-14(13)26-15;1-2-4-6-5-3-1/h3-4,7-8,11H,2,5-6,9-10,12H2,1H3,(H,20,24)(H,21,23);1-6H. The molecule has 168 valence electrons. The molecule has 1 fully saturated rings. The van der Waals surface area contributed by atoms with Crippen molar-refractivity contribution >= 4 is 39.2 Å². The Labute approximate surface area is 192 Å². The van der Waals surface area contributed by atoms with Crippen LogP contribution in [0.25, 0.3) is 10.1 Å². The monoisotopic (exact) mass is 452 g/mol. The number of carbonyl (C=O) groups excluding carboxylic acids is 3. The lowest BCUT2D eigenvalue weighted by molar-refractivity contribution is -0.142. The molecule has 1 saturated carbocycles. The van der Waals surface area contributed by atoms with Crippen LogP contribution in [0.4, 0.5) is 0 Å². The summed E-state index contributed by atoms with van der Waals surface area (Å²) in [5, 5.41) is 6.57. The van der Waals surface area contributed by atoms with Gasteiger partial charge < -0.3 is 15.4 Å². The zero-order valence-corrected chi connectivity index (χ0v) is 19.0. The van der Waals surface area contributed by atoms with Gasteiger partial charge in [0.05, 0.1) is 12.0 Å². The van der Waals surface area contributed by atoms with E-state index < -0.39 is 11.5 Å². The van der Waals surface area contributed by atoms with E-state index in [1.807, 2.05) is 66.7 Å². The van der Waals surface area contributed by atoms with Crippen LogP contribution in [0.3, 0.4) is 0 Å². The second kappa shape index (κ2) is 11.4. The van der Waals surface area contributed by atoms with E-state index in [0.717, 1.165) is 29.3 Å². The fourth-order valence-electron chi connectivity index (χ4n) is 3.72. The normalized spacial score (nSPS) is 14.5. The Morgan fingerprint density at radius 2 is 1.56 bits per heavy atom. The minimum absolute atomic E-state index is 0.199. The Morgan fingerprint density at radius 3 is 2.16 bits per heavy atom. The predicted molar refractivity (Wildman–Crippen MR) is 127 cm³/mol. The van der Waals surface area contributed by atoms with Crippen molar-refractivity contribution in [1.82, 2.24) is 10.6 Å². The molecule has 0 unspecified atom stereocenters. The maximum absolute atomic E-state index is 12.8. The molecule has 4 rings (SSSR count). The molecule has 1 aliphatic rings. The minimum atomic E-state index is -0.973. The first-order valence-electron chi connectivity index (χ1n) is 10.7. The lowest BCUT2D eigenvalue weighted by Gasteiger charge is -2.36. The molecule has 0 radical (unpaired) electrons. The number of ether oxygens (including phenoxy) is 1. The molecule has 0 atom stereocenters. The first kappa shape index (κ1) is 23.5. The summed E-state index contributed by atoms with van der Waals surface area (Å²) in [7, 11) is 1.27. The zero-order valence-electron chi connectivity index (χ0n) is 18.1. The first-order chi connectivity index (χ1) is 15.5. The number of hydrogen-bond acceptors (Lipinski definition) is 5. The van der Waals surface area contributed by atoms with E-state index in [-0.39, 0.29) is 18.4 Å². The largest absolute Gasteiger partial charge is 0.468 e. The Hall–Kier alpha value is -3.19. The number of carbonyl (C=O) groups is 3. The van der Waals surface area contributed by atoms with E-state index in [4.69, 9.17) is 0 Å². The van der Waals surface area contributed by atoms with Crippen molar-refractivity contribution in [3.63, 3.8) is 0 Å². The molecule has 1 aromatic heterocycles. The third-order valence-electron chi connectivity index (χ3n) is 5.43. The summed E-state index contributed by atoms with van der Waals surface area (Å²) in [6.07, 6.45) is 3.88. The van der Waals surface area contributed by atoms with Gasteiger partial charge >= 0.3 is 5.97 Å². The van der Waals surface area contributed by atoms with E-state index in [1.165, 1.54) is 18.4 Å². The number of amides is 2. The molecule has 2 amide bonds. The maximum atomic E-state index is 12.8. The molecule has 0 spiro atoms. The molecule has 2 N–H and O–H groups in total. The van der Waals surface area contributed by atoms with Gasteiger partial charge in [-0.05, 0) is 30.4 Å². The van der Waals surface area contributed by atoms with Crippen molar-refractivity contribution < 1.29 is 19.1 Å². The van der Waals surface area contributed by atoms with Crippen LogP contribution >= 0.6 is 11.3 Å². The number of methoxy groups -OCH3 is 1. The number of benzene rings is 2. The van der Waals surface area contributed by atoms with Crippen LogP contribution in [0, 0.1) is 0 Å². The number of esters is 1. The van der Waals surface area contributed by atoms with Gasteiger partial charge in [-0.15, -0.1) is 11.3 Å². The Balaban J connectivity index is 0.000000416. The van der Waals surface area contributed by atoms with Gasteiger partial charge in [0.25, 0.3) is 5.91 Å². The lowest BCUT2D eigenvalue weighted by atomic mass is 9.80. The molecule has 32 heavy (non-hydrogen) atoms. The van der Waals surface area contributed by atoms with Crippen molar-refractivity contribution in [2.45, 2.75) is 37.6 Å². The van der Waals surface area contributed by atoms with E-state index in [1.54, 1.807) is 0 Å². The average Bonchev–Trinajstić information content (AvgIpc) is 3.29. The SMILES string of the molecule is COC(=O)CNC(=O)C1(NC(=O)c2cc3ccccc3s2)CCCCC1.c1ccccc1. The number of rotatable bonds is 5. The van der Waals surface area contributed by atoms with Gasteiger partial charge in [0.2, 0.25) is 5.91 Å². The van der Waals surface area contributed by atoms with E-state index in [2.05, 4.69) is 15.4 Å². The first-order valence-corrected chi connectivity index (χ1v) is 11.5. The van der Waals surface area contributed by atoms with Gasteiger partial charge in [-0.3, -0.25) is 14.4 Å². The number of thiophene rings is 1. The number of nitrogens with one attached hydrogen (secondary N) is 2. The molecule has 1 aliphatic carbocycles. The van der Waals surface area contributed by atoms with Crippen LogP contribution in [0.5, 0.6) is 0 Å². The fraction of sp³-hybridized carbons (Fsp3) is 0.320. The predicted octanol–water partition coefficient (Wildman–Crippen LogP) is 4.31. The Kier molecular flexibility index (Phi) is 8.39. The third kappa shape index (κ3) is 6.17. The molecule has 0 aliphatic heterocycles. The highest BCUT2D eigenvalue weighted by molar-refractivity contribution is 7.20. The second-order valence-electron chi connectivity index (χ2n) is 7.66. The third-order valence-corrected chi connectivity index (χ3v) is 6.55. The highest BCUT2D eigenvalue weighted by Crippen LogP contribution is 2.30. The Bertz CT molecular complexity index is 983. The number of fused-ring (bicyclic) bond motifs is 1. The Morgan fingerprint density at radius 1 is 0.938 bits per heavy atom. The summed E-state index contributed by atoms with van der Waals surface area (Å²) in [5.41, 5.74) is -0.973.